The van der Waals surface area contributed by atoms with Gasteiger partial charge in [-0.1, -0.05) is 11.6 Å². The lowest BCUT2D eigenvalue weighted by Gasteiger charge is -2.20. The summed E-state index contributed by atoms with van der Waals surface area (Å²) in [5, 5.41) is 11.3. The second kappa shape index (κ2) is 5.10. The molecule has 18 heavy (non-hydrogen) atoms. The van der Waals surface area contributed by atoms with Crippen molar-refractivity contribution in [1.29, 1.82) is 0 Å². The zero-order chi connectivity index (χ0) is 13.3. The van der Waals surface area contributed by atoms with Crippen molar-refractivity contribution in [3.8, 4) is 0 Å². The first-order valence-corrected chi connectivity index (χ1v) is 6.36. The highest BCUT2D eigenvalue weighted by Gasteiger charge is 2.24. The van der Waals surface area contributed by atoms with Gasteiger partial charge in [-0.15, -0.1) is 10.2 Å². The van der Waals surface area contributed by atoms with Gasteiger partial charge in [0.15, 0.2) is 11.0 Å². The average molecular weight is 269 g/mol. The summed E-state index contributed by atoms with van der Waals surface area (Å²) < 4.78 is 0. The number of rotatable bonds is 4. The van der Waals surface area contributed by atoms with E-state index in [0.29, 0.717) is 17.0 Å². The van der Waals surface area contributed by atoms with Crippen LogP contribution in [-0.4, -0.2) is 35.7 Å². The van der Waals surface area contributed by atoms with E-state index in [4.69, 9.17) is 11.6 Å². The van der Waals surface area contributed by atoms with Crippen LogP contribution >= 0.6 is 11.6 Å². The van der Waals surface area contributed by atoms with E-state index >= 15 is 0 Å². The Balaban J connectivity index is 2.05. The molecule has 98 valence electrons. The molecular weight excluding hydrogens is 252 g/mol. The number of likely N-dealkylation sites (N-methyl/N-ethyl adjacent to an activating group) is 1. The maximum atomic E-state index is 11.7. The minimum absolute atomic E-state index is 0.0220. The molecule has 1 N–H and O–H groups in total. The standard InChI is InChI=1S/C12H17ClN4O/c1-7-8(2)12(16-15-11(7)13)17(3)6-10(18)14-9-4-5-9/h9H,4-6H2,1-3H3,(H,14,18). The Morgan fingerprint density at radius 1 is 1.39 bits per heavy atom. The van der Waals surface area contributed by atoms with Gasteiger partial charge >= 0.3 is 0 Å². The summed E-state index contributed by atoms with van der Waals surface area (Å²) in [6.07, 6.45) is 2.18. The lowest BCUT2D eigenvalue weighted by molar-refractivity contribution is -0.119. The van der Waals surface area contributed by atoms with Crippen LogP contribution in [-0.2, 0) is 4.79 Å². The number of nitrogens with one attached hydrogen (secondary N) is 1. The zero-order valence-corrected chi connectivity index (χ0v) is 11.6. The Labute approximate surface area is 112 Å². The van der Waals surface area contributed by atoms with Crippen molar-refractivity contribution in [1.82, 2.24) is 15.5 Å². The fourth-order valence-corrected chi connectivity index (χ4v) is 1.90. The molecule has 0 bridgehead atoms. The summed E-state index contributed by atoms with van der Waals surface area (Å²) in [7, 11) is 1.83. The Morgan fingerprint density at radius 2 is 2.06 bits per heavy atom. The first kappa shape index (κ1) is 13.1. The van der Waals surface area contributed by atoms with Gasteiger partial charge in [0.25, 0.3) is 0 Å². The normalized spacial score (nSPS) is 14.4. The number of carbonyl (C=O) groups excluding carboxylic acids is 1. The lowest BCUT2D eigenvalue weighted by atomic mass is 10.2. The average Bonchev–Trinajstić information content (AvgIpc) is 3.09. The first-order chi connectivity index (χ1) is 8.49. The summed E-state index contributed by atoms with van der Waals surface area (Å²) in [5.41, 5.74) is 1.85. The first-order valence-electron chi connectivity index (χ1n) is 5.99. The van der Waals surface area contributed by atoms with Gasteiger partial charge in [-0.2, -0.15) is 0 Å². The highest BCUT2D eigenvalue weighted by molar-refractivity contribution is 6.30. The monoisotopic (exact) mass is 268 g/mol. The molecular formula is C12H17ClN4O. The predicted molar refractivity (Wildman–Crippen MR) is 71.0 cm³/mol. The SMILES string of the molecule is Cc1c(Cl)nnc(N(C)CC(=O)NC2CC2)c1C. The third-order valence-corrected chi connectivity index (χ3v) is 3.48. The number of amides is 1. The van der Waals surface area contributed by atoms with Crippen LogP contribution in [0.3, 0.4) is 0 Å². The predicted octanol–water partition coefficient (Wildman–Crippen LogP) is 1.46. The molecule has 0 spiro atoms. The fraction of sp³-hybridized carbons (Fsp3) is 0.583. The number of anilines is 1. The molecule has 0 atom stereocenters. The van der Waals surface area contributed by atoms with E-state index < -0.39 is 0 Å². The van der Waals surface area contributed by atoms with Gasteiger partial charge in [0.05, 0.1) is 6.54 Å². The van der Waals surface area contributed by atoms with Crippen molar-refractivity contribution < 1.29 is 4.79 Å². The summed E-state index contributed by atoms with van der Waals surface area (Å²) in [5.74, 6) is 0.719. The highest BCUT2D eigenvalue weighted by Crippen LogP contribution is 2.23. The van der Waals surface area contributed by atoms with Gasteiger partial charge in [0, 0.05) is 13.1 Å². The number of hydrogen-bond donors (Lipinski definition) is 1. The van der Waals surface area contributed by atoms with Crippen molar-refractivity contribution >= 4 is 23.3 Å². The number of carbonyl (C=O) groups is 1. The van der Waals surface area contributed by atoms with E-state index in [0.717, 1.165) is 24.0 Å². The third-order valence-electron chi connectivity index (χ3n) is 3.12. The number of halogens is 1. The van der Waals surface area contributed by atoms with Crippen molar-refractivity contribution in [2.45, 2.75) is 32.7 Å². The van der Waals surface area contributed by atoms with E-state index in [-0.39, 0.29) is 12.5 Å². The van der Waals surface area contributed by atoms with E-state index in [1.54, 1.807) is 4.90 Å². The fourth-order valence-electron chi connectivity index (χ4n) is 1.72. The molecule has 1 aromatic heterocycles. The second-order valence-electron chi connectivity index (χ2n) is 4.76. The molecule has 6 heteroatoms. The molecule has 1 aliphatic rings. The molecule has 1 amide bonds. The minimum atomic E-state index is 0.0220. The van der Waals surface area contributed by atoms with Gasteiger partial charge in [0.2, 0.25) is 5.91 Å². The largest absolute Gasteiger partial charge is 0.352 e. The van der Waals surface area contributed by atoms with Crippen LogP contribution in [0.15, 0.2) is 0 Å². The summed E-state index contributed by atoms with van der Waals surface area (Å²) in [6, 6.07) is 0.380. The van der Waals surface area contributed by atoms with Crippen LogP contribution in [0.4, 0.5) is 5.82 Å². The molecule has 1 heterocycles. The van der Waals surface area contributed by atoms with Gasteiger partial charge in [-0.3, -0.25) is 4.79 Å². The molecule has 2 rings (SSSR count). The van der Waals surface area contributed by atoms with Crippen LogP contribution in [0, 0.1) is 13.8 Å². The lowest BCUT2D eigenvalue weighted by Crippen LogP contribution is -2.37. The summed E-state index contributed by atoms with van der Waals surface area (Å²) in [6.45, 7) is 4.11. The Kier molecular flexibility index (Phi) is 3.71. The van der Waals surface area contributed by atoms with Crippen molar-refractivity contribution in [2.24, 2.45) is 0 Å². The topological polar surface area (TPSA) is 58.1 Å². The maximum Gasteiger partial charge on any atom is 0.239 e. The molecule has 0 unspecified atom stereocenters. The van der Waals surface area contributed by atoms with Crippen molar-refractivity contribution in [2.75, 3.05) is 18.5 Å². The number of hydrogen-bond acceptors (Lipinski definition) is 4. The molecule has 5 nitrogen and oxygen atoms in total. The molecule has 1 aromatic rings. The Morgan fingerprint density at radius 3 is 2.67 bits per heavy atom. The molecule has 0 aliphatic heterocycles. The number of nitrogens with zero attached hydrogens (tertiary/aromatic N) is 3. The molecule has 1 aliphatic carbocycles. The smallest absolute Gasteiger partial charge is 0.239 e. The molecule has 0 saturated heterocycles. The van der Waals surface area contributed by atoms with Crippen LogP contribution < -0.4 is 10.2 Å². The van der Waals surface area contributed by atoms with Crippen molar-refractivity contribution in [3.63, 3.8) is 0 Å². The third kappa shape index (κ3) is 2.90. The van der Waals surface area contributed by atoms with E-state index in [1.807, 2.05) is 20.9 Å². The van der Waals surface area contributed by atoms with Gasteiger partial charge in [0.1, 0.15) is 0 Å². The number of aromatic nitrogens is 2. The molecule has 0 radical (unpaired) electrons. The van der Waals surface area contributed by atoms with Gasteiger partial charge in [-0.25, -0.2) is 0 Å². The molecule has 1 saturated carbocycles. The van der Waals surface area contributed by atoms with Crippen molar-refractivity contribution in [3.05, 3.63) is 16.3 Å². The second-order valence-corrected chi connectivity index (χ2v) is 5.12. The van der Waals surface area contributed by atoms with Crippen LogP contribution in [0.1, 0.15) is 24.0 Å². The van der Waals surface area contributed by atoms with Crippen LogP contribution in [0.5, 0.6) is 0 Å². The minimum Gasteiger partial charge on any atom is -0.352 e. The van der Waals surface area contributed by atoms with Gasteiger partial charge < -0.3 is 10.2 Å². The Hall–Kier alpha value is -1.36. The molecule has 0 aromatic carbocycles. The summed E-state index contributed by atoms with van der Waals surface area (Å²) >= 11 is 5.90. The maximum absolute atomic E-state index is 11.7. The Bertz CT molecular complexity index is 473. The van der Waals surface area contributed by atoms with Crippen LogP contribution in [0.2, 0.25) is 5.15 Å². The molecule has 1 fully saturated rings. The van der Waals surface area contributed by atoms with E-state index in [1.165, 1.54) is 0 Å². The summed E-state index contributed by atoms with van der Waals surface area (Å²) in [4.78, 5) is 13.5. The highest BCUT2D eigenvalue weighted by atomic mass is 35.5. The van der Waals surface area contributed by atoms with E-state index in [9.17, 15) is 4.79 Å². The van der Waals surface area contributed by atoms with Gasteiger partial charge in [-0.05, 0) is 37.8 Å². The van der Waals surface area contributed by atoms with E-state index in [2.05, 4.69) is 15.5 Å². The van der Waals surface area contributed by atoms with Crippen LogP contribution in [0.25, 0.3) is 0 Å². The quantitative estimate of drug-likeness (QED) is 0.898. The zero-order valence-electron chi connectivity index (χ0n) is 10.8.